The van der Waals surface area contributed by atoms with Gasteiger partial charge in [0.2, 0.25) is 0 Å². The summed E-state index contributed by atoms with van der Waals surface area (Å²) in [6.45, 7) is 5.79. The Morgan fingerprint density at radius 1 is 0.592 bits per heavy atom. The topological polar surface area (TPSA) is 149 Å². The van der Waals surface area contributed by atoms with Gasteiger partial charge in [-0.05, 0) is 35.1 Å². The molecule has 0 aliphatic heterocycles. The summed E-state index contributed by atoms with van der Waals surface area (Å²) in [5.41, 5.74) is 4.76. The van der Waals surface area contributed by atoms with Crippen LogP contribution in [-0.2, 0) is 47.5 Å². The number of carboxylic acids is 1. The number of carboxylic acid groups (broad SMARTS) is 1. The second-order valence-electron chi connectivity index (χ2n) is 11.2. The number of unbranched alkanes of at least 4 members (excludes halogenated alkanes) is 1. The summed E-state index contributed by atoms with van der Waals surface area (Å²) in [6.07, 6.45) is 0.842. The molecule has 1 amide bonds. The number of likely N-dealkylation sites (N-methyl/N-ethyl adjacent to an activating group) is 1. The molecular weight excluding hydrogens is 638 g/mol. The van der Waals surface area contributed by atoms with Gasteiger partial charge >= 0.3 is 18.0 Å². The molecule has 0 spiro atoms. The molecule has 0 unspecified atom stereocenters. The summed E-state index contributed by atoms with van der Waals surface area (Å²) < 4.78 is 43.5. The van der Waals surface area contributed by atoms with E-state index in [9.17, 15) is 14.4 Å². The quantitative estimate of drug-likeness (QED) is 0.101. The fraction of sp³-hybridized carbons (Fsp3) is 0.583. The summed E-state index contributed by atoms with van der Waals surface area (Å²) in [4.78, 5) is 36.0. The second kappa shape index (κ2) is 24.5. The highest BCUT2D eigenvalue weighted by Crippen LogP contribution is 2.44. The Hall–Kier alpha value is -3.59. The predicted molar refractivity (Wildman–Crippen MR) is 180 cm³/mol. The molecular formula is C36H51NO12. The zero-order chi connectivity index (χ0) is 34.9. The van der Waals surface area contributed by atoms with Crippen LogP contribution in [0.2, 0.25) is 0 Å². The monoisotopic (exact) mass is 689 g/mol. The van der Waals surface area contributed by atoms with Crippen LogP contribution in [0.5, 0.6) is 0 Å². The Kier molecular flexibility index (Phi) is 19.9. The molecule has 2 aromatic rings. The van der Waals surface area contributed by atoms with E-state index in [1.54, 1.807) is 7.05 Å². The van der Waals surface area contributed by atoms with Crippen molar-refractivity contribution < 1.29 is 57.4 Å². The van der Waals surface area contributed by atoms with Crippen LogP contribution in [0, 0.1) is 0 Å². The van der Waals surface area contributed by atoms with E-state index in [0.717, 1.165) is 0 Å². The fourth-order valence-corrected chi connectivity index (χ4v) is 5.03. The first-order valence-electron chi connectivity index (χ1n) is 16.9. The number of esters is 1. The predicted octanol–water partition coefficient (Wildman–Crippen LogP) is 4.16. The molecule has 0 heterocycles. The minimum atomic E-state index is -0.866. The van der Waals surface area contributed by atoms with E-state index in [4.69, 9.17) is 43.0 Å². The zero-order valence-electron chi connectivity index (χ0n) is 28.5. The summed E-state index contributed by atoms with van der Waals surface area (Å²) in [7, 11) is 1.70. The van der Waals surface area contributed by atoms with Crippen LogP contribution >= 0.6 is 0 Å². The molecule has 0 atom stereocenters. The summed E-state index contributed by atoms with van der Waals surface area (Å²) in [5, 5.41) is 8.56. The standard InChI is InChI=1S/C36H51NO12/c1-37(36(41)49-28-33-31-10-4-2-8-29(31)30-9-3-5-11-32(30)33)14-15-42-16-17-43-18-19-44-20-21-45-22-23-46-24-25-47-26-27-48-35(40)13-7-6-12-34(38)39/h2-5,8-11,33H,6-7,12-28H2,1H3,(H,38,39). The van der Waals surface area contributed by atoms with Crippen LogP contribution < -0.4 is 0 Å². The highest BCUT2D eigenvalue weighted by atomic mass is 16.6. The van der Waals surface area contributed by atoms with Gasteiger partial charge in [-0.1, -0.05) is 48.5 Å². The van der Waals surface area contributed by atoms with Gasteiger partial charge in [-0.25, -0.2) is 4.79 Å². The first kappa shape index (κ1) is 39.8. The molecule has 0 bridgehead atoms. The van der Waals surface area contributed by atoms with Gasteiger partial charge in [0, 0.05) is 32.4 Å². The molecule has 1 aliphatic carbocycles. The molecule has 0 saturated carbocycles. The number of carbonyl (C=O) groups is 3. The summed E-state index contributed by atoms with van der Waals surface area (Å²) in [5.74, 6) is -1.19. The van der Waals surface area contributed by atoms with E-state index >= 15 is 0 Å². The van der Waals surface area contributed by atoms with Gasteiger partial charge < -0.3 is 47.9 Å². The maximum atomic E-state index is 12.6. The second-order valence-corrected chi connectivity index (χ2v) is 11.2. The number of hydrogen-bond acceptors (Lipinski definition) is 11. The van der Waals surface area contributed by atoms with E-state index in [1.807, 2.05) is 24.3 Å². The van der Waals surface area contributed by atoms with Crippen molar-refractivity contribution in [3.8, 4) is 11.1 Å². The van der Waals surface area contributed by atoms with Crippen LogP contribution in [0.3, 0.4) is 0 Å². The molecule has 2 aromatic carbocycles. The van der Waals surface area contributed by atoms with Crippen molar-refractivity contribution in [2.24, 2.45) is 0 Å². The smallest absolute Gasteiger partial charge is 0.409 e. The molecule has 1 aliphatic rings. The number of benzene rings is 2. The number of rotatable bonds is 28. The van der Waals surface area contributed by atoms with Crippen molar-refractivity contribution >= 4 is 18.0 Å². The van der Waals surface area contributed by atoms with Crippen LogP contribution in [-0.4, -0.2) is 134 Å². The first-order valence-corrected chi connectivity index (χ1v) is 16.9. The molecule has 1 N–H and O–H groups in total. The van der Waals surface area contributed by atoms with E-state index in [2.05, 4.69) is 24.3 Å². The first-order chi connectivity index (χ1) is 24.0. The summed E-state index contributed by atoms with van der Waals surface area (Å²) in [6, 6.07) is 16.5. The molecule has 0 fully saturated rings. The van der Waals surface area contributed by atoms with Gasteiger partial charge in [0.15, 0.2) is 0 Å². The van der Waals surface area contributed by atoms with E-state index in [-0.39, 0.29) is 50.6 Å². The van der Waals surface area contributed by atoms with Crippen molar-refractivity contribution in [2.45, 2.75) is 31.6 Å². The van der Waals surface area contributed by atoms with Gasteiger partial charge in [0.1, 0.15) is 13.2 Å². The van der Waals surface area contributed by atoms with Gasteiger partial charge in [-0.2, -0.15) is 0 Å². The lowest BCUT2D eigenvalue weighted by Crippen LogP contribution is -2.32. The molecule has 0 aromatic heterocycles. The lowest BCUT2D eigenvalue weighted by molar-refractivity contribution is -0.146. The lowest BCUT2D eigenvalue weighted by Gasteiger charge is -2.19. The maximum Gasteiger partial charge on any atom is 0.409 e. The number of fused-ring (bicyclic) bond motifs is 3. The van der Waals surface area contributed by atoms with Gasteiger partial charge in [-0.15, -0.1) is 0 Å². The Labute approximate surface area is 288 Å². The van der Waals surface area contributed by atoms with Crippen LogP contribution in [0.25, 0.3) is 11.1 Å². The zero-order valence-corrected chi connectivity index (χ0v) is 28.5. The average molecular weight is 690 g/mol. The molecule has 13 heteroatoms. The normalized spacial score (nSPS) is 12.0. The molecule has 3 rings (SSSR count). The largest absolute Gasteiger partial charge is 0.481 e. The number of aliphatic carboxylic acids is 1. The van der Waals surface area contributed by atoms with Crippen molar-refractivity contribution in [2.75, 3.05) is 106 Å². The Morgan fingerprint density at radius 3 is 1.51 bits per heavy atom. The molecule has 0 saturated heterocycles. The Morgan fingerprint density at radius 2 is 1.02 bits per heavy atom. The SMILES string of the molecule is CN(CCOCCOCCOCCOCCOCCOCCOC(=O)CCCCC(=O)O)C(=O)OCC1c2ccccc2-c2ccccc21. The highest BCUT2D eigenvalue weighted by molar-refractivity contribution is 5.79. The third kappa shape index (κ3) is 16.1. The molecule has 49 heavy (non-hydrogen) atoms. The number of amides is 1. The van der Waals surface area contributed by atoms with Crippen molar-refractivity contribution in [1.29, 1.82) is 0 Å². The van der Waals surface area contributed by atoms with Crippen LogP contribution in [0.15, 0.2) is 48.5 Å². The van der Waals surface area contributed by atoms with Gasteiger partial charge in [0.05, 0.1) is 79.3 Å². The fourth-order valence-electron chi connectivity index (χ4n) is 5.03. The third-order valence-electron chi connectivity index (χ3n) is 7.59. The molecule has 0 radical (unpaired) electrons. The van der Waals surface area contributed by atoms with Crippen molar-refractivity contribution in [1.82, 2.24) is 4.90 Å². The highest BCUT2D eigenvalue weighted by Gasteiger charge is 2.29. The number of ether oxygens (including phenoxy) is 8. The lowest BCUT2D eigenvalue weighted by atomic mass is 9.98. The maximum absolute atomic E-state index is 12.6. The minimum absolute atomic E-state index is 0.0305. The average Bonchev–Trinajstić information content (AvgIpc) is 3.43. The minimum Gasteiger partial charge on any atom is -0.481 e. The van der Waals surface area contributed by atoms with E-state index < -0.39 is 5.97 Å². The van der Waals surface area contributed by atoms with Gasteiger partial charge in [-0.3, -0.25) is 9.59 Å². The van der Waals surface area contributed by atoms with Crippen molar-refractivity contribution in [3.05, 3.63) is 59.7 Å². The molecule has 272 valence electrons. The third-order valence-corrected chi connectivity index (χ3v) is 7.59. The van der Waals surface area contributed by atoms with Crippen LogP contribution in [0.4, 0.5) is 4.79 Å². The molecule has 13 nitrogen and oxygen atoms in total. The Bertz CT molecular complexity index is 1200. The van der Waals surface area contributed by atoms with Crippen LogP contribution in [0.1, 0.15) is 42.7 Å². The number of carbonyl (C=O) groups excluding carboxylic acids is 2. The van der Waals surface area contributed by atoms with E-state index in [1.165, 1.54) is 27.2 Å². The Balaban J connectivity index is 1.03. The van der Waals surface area contributed by atoms with Gasteiger partial charge in [0.25, 0.3) is 0 Å². The van der Waals surface area contributed by atoms with Crippen molar-refractivity contribution in [3.63, 3.8) is 0 Å². The summed E-state index contributed by atoms with van der Waals surface area (Å²) >= 11 is 0. The number of nitrogens with zero attached hydrogens (tertiary/aromatic N) is 1. The number of hydrogen-bond donors (Lipinski definition) is 1. The van der Waals surface area contributed by atoms with E-state index in [0.29, 0.717) is 92.1 Å².